The smallest absolute Gasteiger partial charge is 0.191 e. The van der Waals surface area contributed by atoms with Gasteiger partial charge >= 0.3 is 0 Å². The molecule has 20 heavy (non-hydrogen) atoms. The van der Waals surface area contributed by atoms with Gasteiger partial charge in [0.15, 0.2) is 5.96 Å². The van der Waals surface area contributed by atoms with Gasteiger partial charge in [-0.15, -0.1) is 0 Å². The second-order valence-corrected chi connectivity index (χ2v) is 5.56. The third-order valence-corrected chi connectivity index (χ3v) is 3.52. The van der Waals surface area contributed by atoms with Crippen LogP contribution in [-0.4, -0.2) is 35.3 Å². The van der Waals surface area contributed by atoms with Gasteiger partial charge in [0.1, 0.15) is 0 Å². The Morgan fingerprint density at radius 2 is 2.15 bits per heavy atom. The van der Waals surface area contributed by atoms with Crippen molar-refractivity contribution in [2.75, 3.05) is 13.1 Å². The fourth-order valence-electron chi connectivity index (χ4n) is 1.79. The summed E-state index contributed by atoms with van der Waals surface area (Å²) in [6.45, 7) is 12.5. The van der Waals surface area contributed by atoms with Crippen molar-refractivity contribution < 1.29 is 0 Å². The first-order valence-electron chi connectivity index (χ1n) is 7.58. The SMILES string of the molecule is CCNC(=NCCCc1cn[nH]c1C)NC(C)C(C)C. The van der Waals surface area contributed by atoms with Crippen LogP contribution < -0.4 is 10.6 Å². The Hall–Kier alpha value is -1.52. The molecule has 0 spiro atoms. The molecule has 3 N–H and O–H groups in total. The van der Waals surface area contributed by atoms with Crippen LogP contribution in [0.5, 0.6) is 0 Å². The molecule has 1 atom stereocenters. The third-order valence-electron chi connectivity index (χ3n) is 3.52. The van der Waals surface area contributed by atoms with Crippen molar-refractivity contribution in [1.82, 2.24) is 20.8 Å². The van der Waals surface area contributed by atoms with Gasteiger partial charge in [-0.2, -0.15) is 5.10 Å². The molecule has 1 unspecified atom stereocenters. The van der Waals surface area contributed by atoms with Gasteiger partial charge in [0.25, 0.3) is 0 Å². The first kappa shape index (κ1) is 16.5. The van der Waals surface area contributed by atoms with Gasteiger partial charge < -0.3 is 10.6 Å². The molecule has 0 saturated heterocycles. The predicted molar refractivity (Wildman–Crippen MR) is 85.1 cm³/mol. The number of aliphatic imine (C=N–C) groups is 1. The second-order valence-electron chi connectivity index (χ2n) is 5.56. The minimum atomic E-state index is 0.420. The number of aryl methyl sites for hydroxylation is 2. The van der Waals surface area contributed by atoms with E-state index in [1.54, 1.807) is 0 Å². The lowest BCUT2D eigenvalue weighted by Gasteiger charge is -2.20. The zero-order valence-corrected chi connectivity index (χ0v) is 13.5. The van der Waals surface area contributed by atoms with Crippen molar-refractivity contribution in [3.63, 3.8) is 0 Å². The molecule has 0 radical (unpaired) electrons. The first-order valence-corrected chi connectivity index (χ1v) is 7.58. The highest BCUT2D eigenvalue weighted by Crippen LogP contribution is 2.05. The summed E-state index contributed by atoms with van der Waals surface area (Å²) in [4.78, 5) is 4.63. The van der Waals surface area contributed by atoms with Crippen LogP contribution in [0.1, 0.15) is 45.4 Å². The molecule has 1 aromatic rings. The molecule has 114 valence electrons. The fourth-order valence-corrected chi connectivity index (χ4v) is 1.79. The van der Waals surface area contributed by atoms with Crippen molar-refractivity contribution in [3.05, 3.63) is 17.5 Å². The van der Waals surface area contributed by atoms with E-state index in [2.05, 4.69) is 60.4 Å². The number of nitrogens with zero attached hydrogens (tertiary/aromatic N) is 2. The minimum Gasteiger partial charge on any atom is -0.357 e. The van der Waals surface area contributed by atoms with Crippen molar-refractivity contribution >= 4 is 5.96 Å². The van der Waals surface area contributed by atoms with E-state index in [-0.39, 0.29) is 0 Å². The van der Waals surface area contributed by atoms with Crippen molar-refractivity contribution in [2.45, 2.75) is 53.5 Å². The van der Waals surface area contributed by atoms with Crippen molar-refractivity contribution in [1.29, 1.82) is 0 Å². The van der Waals surface area contributed by atoms with Crippen LogP contribution in [0.2, 0.25) is 0 Å². The Morgan fingerprint density at radius 3 is 2.70 bits per heavy atom. The number of guanidine groups is 1. The van der Waals surface area contributed by atoms with E-state index in [1.165, 1.54) is 5.56 Å². The van der Waals surface area contributed by atoms with Gasteiger partial charge in [0.05, 0.1) is 6.20 Å². The van der Waals surface area contributed by atoms with E-state index in [0.29, 0.717) is 12.0 Å². The van der Waals surface area contributed by atoms with E-state index in [0.717, 1.165) is 37.6 Å². The zero-order chi connectivity index (χ0) is 15.0. The molecule has 5 nitrogen and oxygen atoms in total. The van der Waals surface area contributed by atoms with Crippen LogP contribution in [0.3, 0.4) is 0 Å². The van der Waals surface area contributed by atoms with Gasteiger partial charge in [-0.25, -0.2) is 0 Å². The van der Waals surface area contributed by atoms with Crippen molar-refractivity contribution in [3.8, 4) is 0 Å². The lowest BCUT2D eigenvalue weighted by Crippen LogP contribution is -2.44. The molecule has 0 aliphatic carbocycles. The molecule has 0 bridgehead atoms. The molecule has 1 heterocycles. The Bertz CT molecular complexity index is 408. The van der Waals surface area contributed by atoms with Gasteiger partial charge in [0.2, 0.25) is 0 Å². The van der Waals surface area contributed by atoms with Crippen LogP contribution >= 0.6 is 0 Å². The van der Waals surface area contributed by atoms with Crippen LogP contribution in [0, 0.1) is 12.8 Å². The van der Waals surface area contributed by atoms with Crippen molar-refractivity contribution in [2.24, 2.45) is 10.9 Å². The Kier molecular flexibility index (Phi) is 7.12. The molecular formula is C15H29N5. The van der Waals surface area contributed by atoms with Crippen LogP contribution in [0.25, 0.3) is 0 Å². The topological polar surface area (TPSA) is 65.1 Å². The van der Waals surface area contributed by atoms with Crippen LogP contribution in [-0.2, 0) is 6.42 Å². The van der Waals surface area contributed by atoms with Gasteiger partial charge in [0, 0.05) is 24.8 Å². The lowest BCUT2D eigenvalue weighted by molar-refractivity contribution is 0.481. The summed E-state index contributed by atoms with van der Waals surface area (Å²) in [6, 6.07) is 0.420. The molecule has 0 saturated carbocycles. The minimum absolute atomic E-state index is 0.420. The van der Waals surface area contributed by atoms with E-state index < -0.39 is 0 Å². The highest BCUT2D eigenvalue weighted by molar-refractivity contribution is 5.80. The summed E-state index contributed by atoms with van der Waals surface area (Å²) in [6.07, 6.45) is 3.96. The van der Waals surface area contributed by atoms with E-state index in [4.69, 9.17) is 0 Å². The number of aromatic amines is 1. The quantitative estimate of drug-likeness (QED) is 0.407. The number of hydrogen-bond acceptors (Lipinski definition) is 2. The number of hydrogen-bond donors (Lipinski definition) is 3. The fraction of sp³-hybridized carbons (Fsp3) is 0.733. The average Bonchev–Trinajstić information content (AvgIpc) is 2.80. The summed E-state index contributed by atoms with van der Waals surface area (Å²) in [5.74, 6) is 1.50. The standard InChI is InChI=1S/C15H29N5/c1-6-16-15(19-12(4)11(2)3)17-9-7-8-14-10-18-20-13(14)5/h10-12H,6-9H2,1-5H3,(H,18,20)(H2,16,17,19). The molecule has 0 aromatic carbocycles. The molecule has 0 fully saturated rings. The third kappa shape index (κ3) is 5.63. The molecular weight excluding hydrogens is 250 g/mol. The highest BCUT2D eigenvalue weighted by atomic mass is 15.2. The maximum absolute atomic E-state index is 4.63. The summed E-state index contributed by atoms with van der Waals surface area (Å²) < 4.78 is 0. The highest BCUT2D eigenvalue weighted by Gasteiger charge is 2.08. The maximum Gasteiger partial charge on any atom is 0.191 e. The zero-order valence-electron chi connectivity index (χ0n) is 13.5. The number of nitrogens with one attached hydrogen (secondary N) is 3. The second kappa shape index (κ2) is 8.61. The van der Waals surface area contributed by atoms with E-state index >= 15 is 0 Å². The molecule has 0 aliphatic rings. The molecule has 0 aliphatic heterocycles. The number of rotatable bonds is 7. The summed E-state index contributed by atoms with van der Waals surface area (Å²) in [7, 11) is 0. The number of aromatic nitrogens is 2. The van der Waals surface area contributed by atoms with Gasteiger partial charge in [-0.3, -0.25) is 10.1 Å². The molecule has 5 heteroatoms. The molecule has 0 amide bonds. The number of H-pyrrole nitrogens is 1. The Balaban J connectivity index is 2.40. The van der Waals surface area contributed by atoms with E-state index in [9.17, 15) is 0 Å². The largest absolute Gasteiger partial charge is 0.357 e. The normalized spacial score (nSPS) is 13.6. The monoisotopic (exact) mass is 279 g/mol. The summed E-state index contributed by atoms with van der Waals surface area (Å²) in [5, 5.41) is 13.7. The Morgan fingerprint density at radius 1 is 1.40 bits per heavy atom. The summed E-state index contributed by atoms with van der Waals surface area (Å²) in [5.41, 5.74) is 2.45. The van der Waals surface area contributed by atoms with Gasteiger partial charge in [-0.1, -0.05) is 13.8 Å². The molecule has 1 aromatic heterocycles. The maximum atomic E-state index is 4.63. The summed E-state index contributed by atoms with van der Waals surface area (Å²) >= 11 is 0. The molecule has 1 rings (SSSR count). The lowest BCUT2D eigenvalue weighted by atomic mass is 10.1. The van der Waals surface area contributed by atoms with Crippen LogP contribution in [0.15, 0.2) is 11.2 Å². The average molecular weight is 279 g/mol. The van der Waals surface area contributed by atoms with E-state index in [1.807, 2.05) is 6.20 Å². The van der Waals surface area contributed by atoms with Gasteiger partial charge in [-0.05, 0) is 45.1 Å². The first-order chi connectivity index (χ1) is 9.54. The Labute approximate surface area is 122 Å². The van der Waals surface area contributed by atoms with Crippen LogP contribution in [0.4, 0.5) is 0 Å². The predicted octanol–water partition coefficient (Wildman–Crippen LogP) is 2.25.